The number of allylic oxidation sites excluding steroid dienone is 3. The minimum Gasteiger partial charge on any atom is -0.322 e. The molecule has 0 spiro atoms. The van der Waals surface area contributed by atoms with E-state index in [4.69, 9.17) is 5.73 Å². The van der Waals surface area contributed by atoms with Crippen molar-refractivity contribution in [3.05, 3.63) is 34.4 Å². The molecular formula is C11H17N3S. The Morgan fingerprint density at radius 3 is 3.00 bits per heavy atom. The number of aliphatic imine (C=N–C) groups is 1. The Balaban J connectivity index is 2.82. The van der Waals surface area contributed by atoms with Gasteiger partial charge in [-0.2, -0.15) is 0 Å². The van der Waals surface area contributed by atoms with E-state index >= 15 is 0 Å². The maximum atomic E-state index is 5.52. The van der Waals surface area contributed by atoms with Crippen LogP contribution in [0.25, 0.3) is 0 Å². The standard InChI is InChI=1S/C11H17N3S/c1-13-7-9-3-5-10(14-2)11(6-4-9)15-8-12/h3,5-6,13H,2,4,7-8,12H2,1H3. The molecule has 0 bridgehead atoms. The first-order valence-electron chi connectivity index (χ1n) is 4.86. The van der Waals surface area contributed by atoms with Crippen molar-refractivity contribution in [1.82, 2.24) is 5.32 Å². The molecule has 0 aromatic heterocycles. The summed E-state index contributed by atoms with van der Waals surface area (Å²) in [5.74, 6) is 0.569. The summed E-state index contributed by atoms with van der Waals surface area (Å²) in [6.45, 7) is 4.47. The molecule has 0 heterocycles. The quantitative estimate of drug-likeness (QED) is 0.550. The van der Waals surface area contributed by atoms with Crippen LogP contribution in [0.3, 0.4) is 0 Å². The molecule has 0 unspecified atom stereocenters. The normalized spacial score (nSPS) is 16.3. The van der Waals surface area contributed by atoms with E-state index in [9.17, 15) is 0 Å². The number of thioether (sulfide) groups is 1. The van der Waals surface area contributed by atoms with Gasteiger partial charge in [0.15, 0.2) is 0 Å². The molecule has 15 heavy (non-hydrogen) atoms. The lowest BCUT2D eigenvalue weighted by molar-refractivity contribution is 0.861. The van der Waals surface area contributed by atoms with E-state index in [-0.39, 0.29) is 0 Å². The fourth-order valence-corrected chi connectivity index (χ4v) is 2.05. The number of hydrogen-bond acceptors (Lipinski definition) is 4. The predicted molar refractivity (Wildman–Crippen MR) is 69.0 cm³/mol. The summed E-state index contributed by atoms with van der Waals surface area (Å²) >= 11 is 1.60. The largest absolute Gasteiger partial charge is 0.322 e. The lowest BCUT2D eigenvalue weighted by Crippen LogP contribution is -2.09. The van der Waals surface area contributed by atoms with E-state index < -0.39 is 0 Å². The van der Waals surface area contributed by atoms with Crippen molar-refractivity contribution in [2.75, 3.05) is 19.5 Å². The minimum atomic E-state index is 0.569. The van der Waals surface area contributed by atoms with Crippen LogP contribution in [0.5, 0.6) is 0 Å². The number of hydrogen-bond donors (Lipinski definition) is 2. The third-order valence-electron chi connectivity index (χ3n) is 2.09. The van der Waals surface area contributed by atoms with Crippen molar-refractivity contribution in [3.8, 4) is 0 Å². The molecule has 0 amide bonds. The van der Waals surface area contributed by atoms with Gasteiger partial charge in [-0.15, -0.1) is 11.8 Å². The van der Waals surface area contributed by atoms with Crippen LogP contribution < -0.4 is 11.1 Å². The molecular weight excluding hydrogens is 206 g/mol. The molecule has 0 atom stereocenters. The molecule has 1 aliphatic carbocycles. The van der Waals surface area contributed by atoms with Crippen LogP contribution in [0.1, 0.15) is 6.42 Å². The molecule has 3 N–H and O–H groups in total. The van der Waals surface area contributed by atoms with Gasteiger partial charge in [0, 0.05) is 17.3 Å². The van der Waals surface area contributed by atoms with Crippen LogP contribution in [-0.2, 0) is 0 Å². The van der Waals surface area contributed by atoms with Gasteiger partial charge in [0.2, 0.25) is 0 Å². The van der Waals surface area contributed by atoms with Gasteiger partial charge in [-0.3, -0.25) is 4.99 Å². The lowest BCUT2D eigenvalue weighted by atomic mass is 10.2. The Morgan fingerprint density at radius 1 is 1.60 bits per heavy atom. The maximum absolute atomic E-state index is 5.52. The summed E-state index contributed by atoms with van der Waals surface area (Å²) in [6, 6.07) is 0. The Labute approximate surface area is 95.2 Å². The van der Waals surface area contributed by atoms with E-state index in [0.29, 0.717) is 5.88 Å². The first kappa shape index (κ1) is 12.2. The summed E-state index contributed by atoms with van der Waals surface area (Å²) in [4.78, 5) is 5.12. The van der Waals surface area contributed by atoms with Crippen LogP contribution in [-0.4, -0.2) is 26.2 Å². The fourth-order valence-electron chi connectivity index (χ4n) is 1.39. The SMILES string of the molecule is C=NC1=CC=C(CNC)CC=C1SCN. The van der Waals surface area contributed by atoms with Crippen LogP contribution >= 0.6 is 11.8 Å². The van der Waals surface area contributed by atoms with Gasteiger partial charge < -0.3 is 11.1 Å². The van der Waals surface area contributed by atoms with E-state index in [2.05, 4.69) is 29.2 Å². The van der Waals surface area contributed by atoms with Crippen molar-refractivity contribution >= 4 is 18.5 Å². The van der Waals surface area contributed by atoms with E-state index in [0.717, 1.165) is 23.6 Å². The average molecular weight is 223 g/mol. The molecule has 0 aromatic rings. The van der Waals surface area contributed by atoms with Crippen LogP contribution in [0.2, 0.25) is 0 Å². The van der Waals surface area contributed by atoms with E-state index in [1.165, 1.54) is 5.57 Å². The number of rotatable bonds is 5. The Hall–Kier alpha value is -0.840. The fraction of sp³-hybridized carbons (Fsp3) is 0.364. The number of likely N-dealkylation sites (N-methyl/N-ethyl adjacent to an activating group) is 1. The molecule has 0 radical (unpaired) electrons. The van der Waals surface area contributed by atoms with Crippen molar-refractivity contribution in [2.45, 2.75) is 6.42 Å². The van der Waals surface area contributed by atoms with Crippen molar-refractivity contribution < 1.29 is 0 Å². The maximum Gasteiger partial charge on any atom is 0.0755 e. The Kier molecular flexibility index (Phi) is 5.39. The molecule has 0 saturated heterocycles. The van der Waals surface area contributed by atoms with Crippen LogP contribution in [0.4, 0.5) is 0 Å². The molecule has 1 rings (SSSR count). The first-order chi connectivity index (χ1) is 7.31. The summed E-state index contributed by atoms with van der Waals surface area (Å²) in [6.07, 6.45) is 7.20. The zero-order valence-corrected chi connectivity index (χ0v) is 9.81. The van der Waals surface area contributed by atoms with E-state index in [1.54, 1.807) is 11.8 Å². The van der Waals surface area contributed by atoms with Gasteiger partial charge in [-0.25, -0.2) is 0 Å². The van der Waals surface area contributed by atoms with Crippen LogP contribution in [0, 0.1) is 0 Å². The zero-order valence-electron chi connectivity index (χ0n) is 8.99. The monoisotopic (exact) mass is 223 g/mol. The second kappa shape index (κ2) is 6.61. The summed E-state index contributed by atoms with van der Waals surface area (Å²) in [5, 5.41) is 3.14. The second-order valence-corrected chi connectivity index (χ2v) is 4.21. The van der Waals surface area contributed by atoms with Gasteiger partial charge in [-0.1, -0.05) is 17.7 Å². The second-order valence-electron chi connectivity index (χ2n) is 3.15. The molecule has 0 aliphatic heterocycles. The summed E-state index contributed by atoms with van der Waals surface area (Å²) in [5.41, 5.74) is 7.78. The molecule has 0 aromatic carbocycles. The van der Waals surface area contributed by atoms with Gasteiger partial charge in [0.1, 0.15) is 0 Å². The minimum absolute atomic E-state index is 0.569. The smallest absolute Gasteiger partial charge is 0.0755 e. The third-order valence-corrected chi connectivity index (χ3v) is 2.95. The molecule has 82 valence electrons. The van der Waals surface area contributed by atoms with Crippen molar-refractivity contribution in [2.24, 2.45) is 10.7 Å². The van der Waals surface area contributed by atoms with Crippen molar-refractivity contribution in [1.29, 1.82) is 0 Å². The highest BCUT2D eigenvalue weighted by molar-refractivity contribution is 8.03. The van der Waals surface area contributed by atoms with Crippen molar-refractivity contribution in [3.63, 3.8) is 0 Å². The summed E-state index contributed by atoms with van der Waals surface area (Å²) in [7, 11) is 1.95. The van der Waals surface area contributed by atoms with E-state index in [1.807, 2.05) is 13.1 Å². The Morgan fingerprint density at radius 2 is 2.40 bits per heavy atom. The third kappa shape index (κ3) is 3.66. The number of nitrogens with one attached hydrogen (secondary N) is 1. The van der Waals surface area contributed by atoms with Gasteiger partial charge >= 0.3 is 0 Å². The topological polar surface area (TPSA) is 50.4 Å². The molecule has 4 heteroatoms. The highest BCUT2D eigenvalue weighted by atomic mass is 32.2. The number of nitrogens with zero attached hydrogens (tertiary/aromatic N) is 1. The predicted octanol–water partition coefficient (Wildman–Crippen LogP) is 1.65. The highest BCUT2D eigenvalue weighted by Gasteiger charge is 2.06. The number of nitrogens with two attached hydrogens (primary N) is 1. The molecule has 3 nitrogen and oxygen atoms in total. The molecule has 0 saturated carbocycles. The first-order valence-corrected chi connectivity index (χ1v) is 5.84. The van der Waals surface area contributed by atoms with Gasteiger partial charge in [-0.05, 0) is 26.3 Å². The highest BCUT2D eigenvalue weighted by Crippen LogP contribution is 2.27. The molecule has 1 aliphatic rings. The Bertz CT molecular complexity index is 316. The average Bonchev–Trinajstić information content (AvgIpc) is 2.43. The molecule has 0 fully saturated rings. The lowest BCUT2D eigenvalue weighted by Gasteiger charge is -2.04. The zero-order chi connectivity index (χ0) is 11.1. The van der Waals surface area contributed by atoms with Gasteiger partial charge in [0.05, 0.1) is 5.70 Å². The van der Waals surface area contributed by atoms with Gasteiger partial charge in [0.25, 0.3) is 0 Å². The summed E-state index contributed by atoms with van der Waals surface area (Å²) < 4.78 is 0. The van der Waals surface area contributed by atoms with Crippen LogP contribution in [0.15, 0.2) is 39.4 Å².